The summed E-state index contributed by atoms with van der Waals surface area (Å²) in [5.41, 5.74) is 0.624. The van der Waals surface area contributed by atoms with E-state index in [0.29, 0.717) is 11.4 Å². The Balaban J connectivity index is 2.01. The highest BCUT2D eigenvalue weighted by Crippen LogP contribution is 2.39. The molecule has 0 aromatic heterocycles. The molecule has 1 aromatic rings. The van der Waals surface area contributed by atoms with Crippen molar-refractivity contribution in [3.05, 3.63) is 28.7 Å². The van der Waals surface area contributed by atoms with E-state index in [1.54, 1.807) is 18.2 Å². The second-order valence-corrected chi connectivity index (χ2v) is 6.67. The molecule has 2 aliphatic heterocycles. The number of para-hydroxylation sites is 1. The number of carbonyl (C=O) groups excluding carboxylic acids is 2. The Labute approximate surface area is 133 Å². The van der Waals surface area contributed by atoms with Crippen LogP contribution in [0.2, 0.25) is 0 Å². The van der Waals surface area contributed by atoms with Crippen LogP contribution in [0.5, 0.6) is 0 Å². The average Bonchev–Trinajstić information content (AvgIpc) is 2.93. The van der Waals surface area contributed by atoms with Crippen molar-refractivity contribution in [2.45, 2.75) is 11.4 Å². The van der Waals surface area contributed by atoms with Crippen molar-refractivity contribution >= 4 is 62.6 Å². The van der Waals surface area contributed by atoms with Crippen molar-refractivity contribution in [3.8, 4) is 0 Å². The van der Waals surface area contributed by atoms with Gasteiger partial charge in [-0.25, -0.2) is 0 Å². The van der Waals surface area contributed by atoms with Crippen LogP contribution < -0.4 is 10.0 Å². The molecule has 3 rings (SSSR count). The maximum Gasteiger partial charge on any atom is 0.257 e. The van der Waals surface area contributed by atoms with E-state index in [-0.39, 0.29) is 11.0 Å². The third kappa shape index (κ3) is 1.94. The number of carbonyl (C=O) groups is 2. The van der Waals surface area contributed by atoms with E-state index in [1.165, 1.54) is 21.6 Å². The molecule has 5 nitrogen and oxygen atoms in total. The summed E-state index contributed by atoms with van der Waals surface area (Å²) in [5, 5.41) is 10.4. The van der Waals surface area contributed by atoms with Crippen LogP contribution in [0.1, 0.15) is 0 Å². The van der Waals surface area contributed by atoms with Crippen LogP contribution in [0.15, 0.2) is 28.7 Å². The molecular weight excluding hydrogens is 364 g/mol. The Morgan fingerprint density at radius 3 is 2.80 bits per heavy atom. The molecular formula is C12H8BrN2O3S2-. The molecule has 2 fully saturated rings. The highest BCUT2D eigenvalue weighted by Gasteiger charge is 2.51. The zero-order chi connectivity index (χ0) is 14.4. The predicted molar refractivity (Wildman–Crippen MR) is 81.1 cm³/mol. The first-order valence-electron chi connectivity index (χ1n) is 5.75. The molecule has 0 saturated carbocycles. The number of rotatable bonds is 2. The molecule has 8 heteroatoms. The first-order chi connectivity index (χ1) is 9.52. The van der Waals surface area contributed by atoms with Gasteiger partial charge >= 0.3 is 0 Å². The lowest BCUT2D eigenvalue weighted by atomic mass is 10.2. The number of carboxylic acid groups (broad SMARTS) is 1. The summed E-state index contributed by atoms with van der Waals surface area (Å²) in [6.45, 7) is 0. The van der Waals surface area contributed by atoms with Crippen molar-refractivity contribution in [1.82, 2.24) is 4.90 Å². The SMILES string of the molecule is O=C([O-])[C@@H]1SC[C@@H]2C(=O)N(c3ccccc3Br)C(=S)N21. The first-order valence-corrected chi connectivity index (χ1v) is 8.00. The fourth-order valence-corrected chi connectivity index (χ4v) is 4.49. The fraction of sp³-hybridized carbons (Fsp3) is 0.250. The van der Waals surface area contributed by atoms with Gasteiger partial charge in [-0.05, 0) is 40.3 Å². The Morgan fingerprint density at radius 2 is 2.15 bits per heavy atom. The molecule has 0 spiro atoms. The van der Waals surface area contributed by atoms with Crippen LogP contribution in [-0.4, -0.2) is 39.1 Å². The average molecular weight is 372 g/mol. The number of hydrogen-bond donors (Lipinski definition) is 0. The number of halogens is 1. The third-order valence-electron chi connectivity index (χ3n) is 3.21. The van der Waals surface area contributed by atoms with Crippen molar-refractivity contribution in [1.29, 1.82) is 0 Å². The van der Waals surface area contributed by atoms with Crippen LogP contribution >= 0.6 is 39.9 Å². The van der Waals surface area contributed by atoms with Crippen LogP contribution in [0.3, 0.4) is 0 Å². The van der Waals surface area contributed by atoms with Gasteiger partial charge in [-0.1, -0.05) is 12.1 Å². The number of hydrogen-bond acceptors (Lipinski definition) is 5. The summed E-state index contributed by atoms with van der Waals surface area (Å²) in [4.78, 5) is 26.4. The Bertz CT molecular complexity index is 624. The summed E-state index contributed by atoms with van der Waals surface area (Å²) >= 11 is 9.85. The largest absolute Gasteiger partial charge is 0.547 e. The smallest absolute Gasteiger partial charge is 0.257 e. The van der Waals surface area contributed by atoms with Gasteiger partial charge in [-0.3, -0.25) is 9.69 Å². The first kappa shape index (κ1) is 13.8. The molecule has 2 heterocycles. The van der Waals surface area contributed by atoms with Crippen LogP contribution in [0.25, 0.3) is 0 Å². The second kappa shape index (κ2) is 5.01. The van der Waals surface area contributed by atoms with E-state index in [9.17, 15) is 14.7 Å². The van der Waals surface area contributed by atoms with Crippen LogP contribution in [-0.2, 0) is 9.59 Å². The molecule has 0 bridgehead atoms. The van der Waals surface area contributed by atoms with E-state index >= 15 is 0 Å². The van der Waals surface area contributed by atoms with Crippen molar-refractivity contribution in [2.75, 3.05) is 10.7 Å². The van der Waals surface area contributed by atoms with E-state index in [1.807, 2.05) is 6.07 Å². The van der Waals surface area contributed by atoms with Gasteiger partial charge in [0.15, 0.2) is 5.11 Å². The zero-order valence-corrected chi connectivity index (χ0v) is 13.2. The van der Waals surface area contributed by atoms with Crippen LogP contribution in [0.4, 0.5) is 5.69 Å². The molecule has 1 aromatic carbocycles. The van der Waals surface area contributed by atoms with Crippen molar-refractivity contribution in [2.24, 2.45) is 0 Å². The predicted octanol–water partition coefficient (Wildman–Crippen LogP) is 0.574. The van der Waals surface area contributed by atoms with Gasteiger partial charge in [0.05, 0.1) is 11.7 Å². The minimum absolute atomic E-state index is 0.196. The molecule has 20 heavy (non-hydrogen) atoms. The lowest BCUT2D eigenvalue weighted by molar-refractivity contribution is -0.307. The van der Waals surface area contributed by atoms with Gasteiger partial charge < -0.3 is 14.8 Å². The van der Waals surface area contributed by atoms with Crippen molar-refractivity contribution < 1.29 is 14.7 Å². The number of aliphatic carboxylic acids is 1. The Morgan fingerprint density at radius 1 is 1.45 bits per heavy atom. The summed E-state index contributed by atoms with van der Waals surface area (Å²) in [7, 11) is 0. The minimum atomic E-state index is -1.22. The Hall–Kier alpha value is -1.12. The molecule has 104 valence electrons. The number of amides is 1. The van der Waals surface area contributed by atoms with Gasteiger partial charge in [-0.15, -0.1) is 11.8 Å². The lowest BCUT2D eigenvalue weighted by Gasteiger charge is -2.26. The quantitative estimate of drug-likeness (QED) is 0.708. The topological polar surface area (TPSA) is 63.7 Å². The normalized spacial score (nSPS) is 25.2. The lowest BCUT2D eigenvalue weighted by Crippen LogP contribution is -2.46. The van der Waals surface area contributed by atoms with E-state index in [4.69, 9.17) is 12.2 Å². The van der Waals surface area contributed by atoms with Gasteiger partial charge in [0.1, 0.15) is 11.4 Å². The van der Waals surface area contributed by atoms with Gasteiger partial charge in [0.25, 0.3) is 5.91 Å². The third-order valence-corrected chi connectivity index (χ3v) is 5.52. The summed E-state index contributed by atoms with van der Waals surface area (Å²) in [5.74, 6) is -1.02. The highest BCUT2D eigenvalue weighted by atomic mass is 79.9. The van der Waals surface area contributed by atoms with Crippen LogP contribution in [0, 0.1) is 0 Å². The minimum Gasteiger partial charge on any atom is -0.547 e. The molecule has 0 radical (unpaired) electrons. The summed E-state index contributed by atoms with van der Waals surface area (Å²) in [6.07, 6.45) is 0. The summed E-state index contributed by atoms with van der Waals surface area (Å²) in [6, 6.07) is 6.67. The molecule has 2 saturated heterocycles. The van der Waals surface area contributed by atoms with Crippen molar-refractivity contribution in [3.63, 3.8) is 0 Å². The molecule has 2 aliphatic rings. The van der Waals surface area contributed by atoms with Gasteiger partial charge in [0.2, 0.25) is 0 Å². The molecule has 1 amide bonds. The number of fused-ring (bicyclic) bond motifs is 1. The van der Waals surface area contributed by atoms with E-state index in [0.717, 1.165) is 4.47 Å². The Kier molecular flexibility index (Phi) is 3.47. The van der Waals surface area contributed by atoms with E-state index < -0.39 is 17.4 Å². The molecule has 0 unspecified atom stereocenters. The number of carboxylic acids is 1. The molecule has 2 atom stereocenters. The maximum atomic E-state index is 12.5. The van der Waals surface area contributed by atoms with Gasteiger partial charge in [0, 0.05) is 10.2 Å². The number of thiocarbonyl (C=S) groups is 1. The second-order valence-electron chi connectivity index (χ2n) is 4.34. The number of nitrogens with zero attached hydrogens (tertiary/aromatic N) is 2. The molecule has 0 aliphatic carbocycles. The maximum absolute atomic E-state index is 12.5. The number of anilines is 1. The fourth-order valence-electron chi connectivity index (χ4n) is 2.33. The number of thioether (sulfide) groups is 1. The monoisotopic (exact) mass is 371 g/mol. The standard InChI is InChI=1S/C12H9BrN2O3S2/c13-6-3-1-2-4-7(6)14-9(16)8-5-20-10(11(17)18)15(8)12(14)19/h1-4,8,10H,5H2,(H,17,18)/p-1/t8-,10+/m1/s1. The van der Waals surface area contributed by atoms with E-state index in [2.05, 4.69) is 15.9 Å². The molecule has 0 N–H and O–H groups in total. The zero-order valence-electron chi connectivity index (χ0n) is 9.98. The highest BCUT2D eigenvalue weighted by molar-refractivity contribution is 9.10. The summed E-state index contributed by atoms with van der Waals surface area (Å²) < 4.78 is 0.731. The number of benzene rings is 1. The van der Waals surface area contributed by atoms with Gasteiger partial charge in [-0.2, -0.15) is 0 Å².